The fourth-order valence-electron chi connectivity index (χ4n) is 2.75. The number of thiocarbonyl (C=S) groups is 1. The summed E-state index contributed by atoms with van der Waals surface area (Å²) in [5.41, 5.74) is -1.83. The highest BCUT2D eigenvalue weighted by Crippen LogP contribution is 2.30. The van der Waals surface area contributed by atoms with Crippen LogP contribution in [0.5, 0.6) is 0 Å². The van der Waals surface area contributed by atoms with Gasteiger partial charge in [-0.25, -0.2) is 26.7 Å². The zero-order valence-electron chi connectivity index (χ0n) is 15.5. The smallest absolute Gasteiger partial charge is 0.414 e. The maximum atomic E-state index is 14.6. The molecule has 164 valence electrons. The van der Waals surface area contributed by atoms with Crippen LogP contribution in [0, 0.1) is 17.5 Å². The van der Waals surface area contributed by atoms with Gasteiger partial charge < -0.3 is 15.4 Å². The van der Waals surface area contributed by atoms with Crippen molar-refractivity contribution in [2.24, 2.45) is 0 Å². The first kappa shape index (κ1) is 22.4. The summed E-state index contributed by atoms with van der Waals surface area (Å²) in [5, 5.41) is 4.53. The Balaban J connectivity index is 1.78. The van der Waals surface area contributed by atoms with Crippen LogP contribution in [-0.4, -0.2) is 36.7 Å². The molecule has 1 amide bonds. The Morgan fingerprint density at radius 3 is 2.42 bits per heavy atom. The second-order valence-electron chi connectivity index (χ2n) is 6.40. The lowest BCUT2D eigenvalue weighted by Gasteiger charge is -2.16. The van der Waals surface area contributed by atoms with Gasteiger partial charge in [0.2, 0.25) is 5.43 Å². The number of rotatable bonds is 6. The molecule has 0 spiro atoms. The van der Waals surface area contributed by atoms with Crippen LogP contribution in [0.25, 0.3) is 0 Å². The monoisotopic (exact) mass is 459 g/mol. The number of nitrogens with one attached hydrogen (secondary N) is 2. The van der Waals surface area contributed by atoms with Crippen LogP contribution in [0.4, 0.5) is 43.8 Å². The summed E-state index contributed by atoms with van der Waals surface area (Å²) >= 11 is 4.43. The first-order valence-electron chi connectivity index (χ1n) is 8.75. The number of ether oxygens (including phenoxy) is 1. The molecule has 1 fully saturated rings. The Kier molecular flexibility index (Phi) is 6.68. The van der Waals surface area contributed by atoms with Crippen molar-refractivity contribution in [3.05, 3.63) is 64.1 Å². The van der Waals surface area contributed by atoms with E-state index in [1.165, 1.54) is 0 Å². The van der Waals surface area contributed by atoms with E-state index in [-0.39, 0.29) is 24.5 Å². The Hall–Kier alpha value is -3.28. The Morgan fingerprint density at radius 1 is 1.13 bits per heavy atom. The topological polar surface area (TPSA) is 70.7 Å². The number of carbonyl (C=O) groups is 1. The highest BCUT2D eigenvalue weighted by atomic mass is 32.1. The summed E-state index contributed by atoms with van der Waals surface area (Å²) in [6.45, 7) is -0.369. The van der Waals surface area contributed by atoms with Crippen LogP contribution in [0.2, 0.25) is 0 Å². The number of benzene rings is 1. The van der Waals surface area contributed by atoms with Gasteiger partial charge in [0, 0.05) is 12.1 Å². The van der Waals surface area contributed by atoms with Crippen molar-refractivity contribution in [1.82, 2.24) is 5.32 Å². The Morgan fingerprint density at radius 2 is 1.77 bits per heavy atom. The van der Waals surface area contributed by atoms with Crippen LogP contribution >= 0.6 is 12.2 Å². The van der Waals surface area contributed by atoms with Gasteiger partial charge in [-0.3, -0.25) is 9.69 Å². The van der Waals surface area contributed by atoms with Gasteiger partial charge in [-0.1, -0.05) is 12.2 Å². The van der Waals surface area contributed by atoms with Crippen LogP contribution in [0.15, 0.2) is 41.2 Å². The molecule has 0 aromatic heterocycles. The van der Waals surface area contributed by atoms with E-state index in [0.29, 0.717) is 0 Å². The van der Waals surface area contributed by atoms with Crippen molar-refractivity contribution in [2.75, 3.05) is 23.3 Å². The summed E-state index contributed by atoms with van der Waals surface area (Å²) in [6.07, 6.45) is -4.68. The molecule has 2 aromatic rings. The maximum Gasteiger partial charge on any atom is 0.414 e. The molecule has 12 heteroatoms. The molecule has 3 rings (SSSR count). The number of hydrogen-bond acceptors (Lipinski definition) is 5. The number of amides is 1. The predicted octanol–water partition coefficient (Wildman–Crippen LogP) is 3.72. The molecular formula is C19H14F5N3O3S. The summed E-state index contributed by atoms with van der Waals surface area (Å²) < 4.78 is 72.2. The Labute approximate surface area is 177 Å². The van der Waals surface area contributed by atoms with E-state index in [1.807, 2.05) is 0 Å². The third-order valence-corrected chi connectivity index (χ3v) is 4.57. The first-order valence-corrected chi connectivity index (χ1v) is 9.16. The van der Waals surface area contributed by atoms with E-state index < -0.39 is 52.2 Å². The van der Waals surface area contributed by atoms with Gasteiger partial charge in [0.15, 0.2) is 11.6 Å². The number of halogens is 5. The van der Waals surface area contributed by atoms with E-state index in [2.05, 4.69) is 22.9 Å². The number of nitrogens with zero attached hydrogens (tertiary/aromatic N) is 1. The lowest BCUT2D eigenvalue weighted by Crippen LogP contribution is -2.36. The van der Waals surface area contributed by atoms with Gasteiger partial charge in [0.1, 0.15) is 22.6 Å². The van der Waals surface area contributed by atoms with Crippen molar-refractivity contribution in [2.45, 2.75) is 12.5 Å². The fraction of sp³-hybridized carbons (Fsp3) is 0.211. The second-order valence-corrected chi connectivity index (χ2v) is 6.84. The van der Waals surface area contributed by atoms with Crippen LogP contribution in [-0.2, 0) is 4.74 Å². The molecule has 1 aliphatic heterocycles. The van der Waals surface area contributed by atoms with E-state index in [0.717, 1.165) is 41.3 Å². The lowest BCUT2D eigenvalue weighted by molar-refractivity contribution is 0.142. The minimum absolute atomic E-state index is 0.165. The molecule has 1 aliphatic rings. The third kappa shape index (κ3) is 5.26. The zero-order valence-corrected chi connectivity index (χ0v) is 16.3. The number of hydrogen-bond donors (Lipinski definition) is 2. The van der Waals surface area contributed by atoms with Crippen molar-refractivity contribution in [1.29, 1.82) is 0 Å². The summed E-state index contributed by atoms with van der Waals surface area (Å²) in [5.74, 6) is -2.98. The highest BCUT2D eigenvalue weighted by molar-refractivity contribution is 7.80. The number of carbonyl (C=O) groups excluding carboxylic acids is 1. The molecule has 1 heterocycles. The molecule has 2 aromatic carbocycles. The molecule has 0 saturated carbocycles. The molecule has 31 heavy (non-hydrogen) atoms. The largest absolute Gasteiger partial charge is 0.442 e. The lowest BCUT2D eigenvalue weighted by atomic mass is 10.2. The van der Waals surface area contributed by atoms with Crippen LogP contribution in [0.1, 0.15) is 0 Å². The molecular weight excluding hydrogens is 445 g/mol. The zero-order chi connectivity index (χ0) is 22.7. The van der Waals surface area contributed by atoms with Crippen LogP contribution < -0.4 is 21.0 Å². The predicted molar refractivity (Wildman–Crippen MR) is 107 cm³/mol. The molecule has 0 unspecified atom stereocenters. The third-order valence-electron chi connectivity index (χ3n) is 4.24. The van der Waals surface area contributed by atoms with Crippen molar-refractivity contribution < 1.29 is 31.5 Å². The van der Waals surface area contributed by atoms with E-state index >= 15 is 0 Å². The normalized spacial score (nSPS) is 15.7. The molecule has 1 atom stereocenters. The number of alkyl halides is 2. The van der Waals surface area contributed by atoms with Crippen molar-refractivity contribution >= 4 is 40.4 Å². The van der Waals surface area contributed by atoms with Gasteiger partial charge in [-0.05, 0) is 24.3 Å². The van der Waals surface area contributed by atoms with Gasteiger partial charge in [-0.2, -0.15) is 0 Å². The van der Waals surface area contributed by atoms with Crippen molar-refractivity contribution in [3.63, 3.8) is 0 Å². The standard InChI is InChI=1S/C19H14F5N3O3S/c20-9-1-3-14(15(28)4-2-9)26-16-12(21)5-10(6-13(16)22)27-8-11(30-19(27)29)7-25-18(31)17(23)24/h1-6,11,17H,7-8H2,(H,25,31)(H,26,28)/t11-/m0/s1. The van der Waals surface area contributed by atoms with E-state index in [1.54, 1.807) is 0 Å². The fourth-order valence-corrected chi connectivity index (χ4v) is 2.83. The minimum Gasteiger partial charge on any atom is -0.442 e. The van der Waals surface area contributed by atoms with E-state index in [4.69, 9.17) is 4.74 Å². The highest BCUT2D eigenvalue weighted by Gasteiger charge is 2.33. The first-order chi connectivity index (χ1) is 14.7. The number of cyclic esters (lactones) is 1. The summed E-state index contributed by atoms with van der Waals surface area (Å²) in [4.78, 5) is 24.1. The van der Waals surface area contributed by atoms with Gasteiger partial charge >= 0.3 is 6.09 Å². The molecule has 0 aliphatic carbocycles. The number of anilines is 3. The molecule has 0 radical (unpaired) electrons. The molecule has 6 nitrogen and oxygen atoms in total. The Bertz CT molecular complexity index is 1060. The average molecular weight is 459 g/mol. The molecule has 2 N–H and O–H groups in total. The summed E-state index contributed by atoms with van der Waals surface area (Å²) in [7, 11) is 0. The molecule has 0 bridgehead atoms. The van der Waals surface area contributed by atoms with Gasteiger partial charge in [0.25, 0.3) is 6.43 Å². The van der Waals surface area contributed by atoms with Gasteiger partial charge in [0.05, 0.1) is 24.5 Å². The van der Waals surface area contributed by atoms with Crippen LogP contribution in [0.3, 0.4) is 0 Å². The second kappa shape index (κ2) is 9.25. The van der Waals surface area contributed by atoms with Gasteiger partial charge in [-0.15, -0.1) is 0 Å². The molecule has 1 saturated heterocycles. The minimum atomic E-state index is -2.87. The average Bonchev–Trinajstić information content (AvgIpc) is 3.01. The SMILES string of the molecule is O=C1O[C@@H](CNC(=S)C(F)F)CN1c1cc(F)c(Nc2ccc(F)ccc2=O)c(F)c1. The van der Waals surface area contributed by atoms with Crippen molar-refractivity contribution in [3.8, 4) is 0 Å². The van der Waals surface area contributed by atoms with E-state index in [9.17, 15) is 31.5 Å². The quantitative estimate of drug-likeness (QED) is 0.507. The maximum absolute atomic E-state index is 14.6. The summed E-state index contributed by atoms with van der Waals surface area (Å²) in [6, 6.07) is 5.45.